The lowest BCUT2D eigenvalue weighted by molar-refractivity contribution is -0.129. The third kappa shape index (κ3) is 9.93. The summed E-state index contributed by atoms with van der Waals surface area (Å²) in [6.45, 7) is 2.33. The van der Waals surface area contributed by atoms with Gasteiger partial charge in [-0.15, -0.1) is 0 Å². The smallest absolute Gasteiger partial charge is 0.312 e. The number of hydrogen-bond donors (Lipinski definition) is 3. The molecule has 0 bridgehead atoms. The van der Waals surface area contributed by atoms with Gasteiger partial charge in [0.1, 0.15) is 19.0 Å². The third-order valence-corrected chi connectivity index (χ3v) is 4.80. The summed E-state index contributed by atoms with van der Waals surface area (Å²) in [6, 6.07) is 23.5. The lowest BCUT2D eigenvalue weighted by Crippen LogP contribution is -2.12. The van der Waals surface area contributed by atoms with Gasteiger partial charge in [0.05, 0.1) is 17.7 Å². The first-order chi connectivity index (χ1) is 17.5. The Morgan fingerprint density at radius 3 is 2.28 bits per heavy atom. The van der Waals surface area contributed by atoms with E-state index in [0.717, 1.165) is 24.7 Å². The molecule has 190 valence electrons. The van der Waals surface area contributed by atoms with Crippen LogP contribution in [0.1, 0.15) is 36.0 Å². The van der Waals surface area contributed by atoms with Gasteiger partial charge in [-0.3, -0.25) is 4.79 Å². The molecule has 0 amide bonds. The highest BCUT2D eigenvalue weighted by molar-refractivity contribution is 5.99. The van der Waals surface area contributed by atoms with Gasteiger partial charge in [-0.05, 0) is 47.4 Å². The number of nitrogens with two attached hydrogens (primary N) is 1. The number of nitrogens with zero attached hydrogens (tertiary/aromatic N) is 1. The van der Waals surface area contributed by atoms with Crippen LogP contribution in [0.5, 0.6) is 11.5 Å². The maximum Gasteiger partial charge on any atom is 0.312 e. The Kier molecular flexibility index (Phi) is 14.2. The van der Waals surface area contributed by atoms with E-state index >= 15 is 0 Å². The summed E-state index contributed by atoms with van der Waals surface area (Å²) in [6.07, 6.45) is 0.759. The van der Waals surface area contributed by atoms with E-state index in [4.69, 9.17) is 30.0 Å². The highest BCUT2D eigenvalue weighted by Crippen LogP contribution is 2.23. The van der Waals surface area contributed by atoms with Crippen molar-refractivity contribution in [3.63, 3.8) is 0 Å². The molecular weight excluding hydrogens is 465 g/mol. The first-order valence-corrected chi connectivity index (χ1v) is 10.9. The number of carbonyl (C=O) groups is 1. The van der Waals surface area contributed by atoms with Gasteiger partial charge in [0.2, 0.25) is 0 Å². The number of ether oxygens (including phenoxy) is 2. The highest BCUT2D eigenvalue weighted by Gasteiger charge is 2.09. The molecule has 3 aromatic carbocycles. The Labute approximate surface area is 210 Å². The van der Waals surface area contributed by atoms with Crippen LogP contribution in [0.25, 0.3) is 0 Å². The van der Waals surface area contributed by atoms with E-state index < -0.39 is 5.82 Å². The lowest BCUT2D eigenvalue weighted by Gasteiger charge is -2.11. The van der Waals surface area contributed by atoms with Crippen LogP contribution in [0, 0.1) is 22.6 Å². The number of rotatable bonds is 10. The van der Waals surface area contributed by atoms with Crippen molar-refractivity contribution in [1.82, 2.24) is 0 Å². The van der Waals surface area contributed by atoms with Crippen LogP contribution in [0.2, 0.25) is 0 Å². The second-order valence-electron chi connectivity index (χ2n) is 7.08. The maximum absolute atomic E-state index is 14.4. The van der Waals surface area contributed by atoms with Gasteiger partial charge in [-0.2, -0.15) is 11.2 Å². The number of nitriles is 1. The summed E-state index contributed by atoms with van der Waals surface area (Å²) in [4.78, 5) is 12.2. The average Bonchev–Trinajstić information content (AvgIpc) is 2.94. The quantitative estimate of drug-likeness (QED) is 0.214. The van der Waals surface area contributed by atoms with Crippen LogP contribution < -0.4 is 15.4 Å². The van der Waals surface area contributed by atoms with Gasteiger partial charge in [0, 0.05) is 7.11 Å². The lowest BCUT2D eigenvalue weighted by atomic mass is 9.98. The first-order valence-electron chi connectivity index (χ1n) is 10.9. The molecule has 0 heterocycles. The zero-order valence-corrected chi connectivity index (χ0v) is 20.2. The molecule has 0 saturated heterocycles. The van der Waals surface area contributed by atoms with E-state index in [-0.39, 0.29) is 37.1 Å². The van der Waals surface area contributed by atoms with E-state index in [1.165, 1.54) is 6.07 Å². The molecule has 0 radical (unpaired) electrons. The van der Waals surface area contributed by atoms with Crippen molar-refractivity contribution in [3.05, 3.63) is 95.3 Å². The first kappa shape index (κ1) is 29.8. The summed E-state index contributed by atoms with van der Waals surface area (Å²) >= 11 is 0. The number of hydrogen-bond acceptors (Lipinski definition) is 8. The molecule has 9 heteroatoms. The van der Waals surface area contributed by atoms with Crippen LogP contribution >= 0.6 is 0 Å². The second kappa shape index (κ2) is 17.2. The zero-order valence-electron chi connectivity index (χ0n) is 20.2. The van der Waals surface area contributed by atoms with Crippen LogP contribution in [0.15, 0.2) is 72.8 Å². The molecule has 3 aromatic rings. The number of aliphatic hydroxyl groups excluding tert-OH is 1. The molecular formula is C27H30FN3O5. The predicted molar refractivity (Wildman–Crippen MR) is 134 cm³/mol. The van der Waals surface area contributed by atoms with Crippen LogP contribution in [0.4, 0.5) is 4.39 Å². The second-order valence-corrected chi connectivity index (χ2v) is 7.08. The summed E-state index contributed by atoms with van der Waals surface area (Å²) in [5.74, 6) is 4.30. The van der Waals surface area contributed by atoms with Crippen molar-refractivity contribution in [1.29, 1.82) is 10.7 Å². The topological polar surface area (TPSA) is 139 Å². The molecule has 3 rings (SSSR count). The average molecular weight is 496 g/mol. The molecule has 1 atom stereocenters. The van der Waals surface area contributed by atoms with Gasteiger partial charge in [-0.25, -0.2) is 4.39 Å². The fourth-order valence-corrected chi connectivity index (χ4v) is 2.99. The number of benzene rings is 3. The van der Waals surface area contributed by atoms with Crippen LogP contribution in [-0.4, -0.2) is 31.0 Å². The van der Waals surface area contributed by atoms with Gasteiger partial charge >= 0.3 is 6.47 Å². The molecule has 0 fully saturated rings. The fraction of sp³-hybridized carbons (Fsp3) is 0.222. The van der Waals surface area contributed by atoms with E-state index in [2.05, 4.69) is 16.8 Å². The van der Waals surface area contributed by atoms with E-state index in [9.17, 15) is 4.39 Å². The SMILES string of the molecule is CCC(C#N)c1ccc(OCc2ccc(OCC(=N)c3ccccc3)c(F)c2)cc1.CO.NOC=O. The Balaban J connectivity index is 0.000000982. The van der Waals surface area contributed by atoms with Crippen molar-refractivity contribution in [2.75, 3.05) is 13.7 Å². The van der Waals surface area contributed by atoms with E-state index in [1.807, 2.05) is 61.5 Å². The monoisotopic (exact) mass is 495 g/mol. The minimum absolute atomic E-state index is 0.00935. The molecule has 0 aliphatic carbocycles. The minimum Gasteiger partial charge on any atom is -0.489 e. The van der Waals surface area contributed by atoms with Gasteiger partial charge in [0.15, 0.2) is 11.6 Å². The van der Waals surface area contributed by atoms with Crippen molar-refractivity contribution in [2.24, 2.45) is 5.90 Å². The summed E-state index contributed by atoms with van der Waals surface area (Å²) < 4.78 is 25.5. The molecule has 8 nitrogen and oxygen atoms in total. The van der Waals surface area contributed by atoms with E-state index in [1.54, 1.807) is 12.1 Å². The highest BCUT2D eigenvalue weighted by atomic mass is 19.1. The van der Waals surface area contributed by atoms with Crippen LogP contribution in [0.3, 0.4) is 0 Å². The molecule has 1 unspecified atom stereocenters. The van der Waals surface area contributed by atoms with E-state index in [0.29, 0.717) is 11.3 Å². The molecule has 0 spiro atoms. The third-order valence-electron chi connectivity index (χ3n) is 4.80. The number of aliphatic hydroxyl groups is 1. The van der Waals surface area contributed by atoms with Crippen molar-refractivity contribution in [2.45, 2.75) is 25.9 Å². The van der Waals surface area contributed by atoms with Gasteiger partial charge < -0.3 is 24.8 Å². The molecule has 0 aliphatic rings. The number of carbonyl (C=O) groups excluding carboxylic acids is 1. The van der Waals surface area contributed by atoms with Crippen molar-refractivity contribution < 1.29 is 28.6 Å². The van der Waals surface area contributed by atoms with Gasteiger partial charge in [0.25, 0.3) is 0 Å². The molecule has 0 saturated carbocycles. The summed E-state index contributed by atoms with van der Waals surface area (Å²) in [5.41, 5.74) is 2.66. The minimum atomic E-state index is -0.493. The Morgan fingerprint density at radius 2 is 1.75 bits per heavy atom. The fourth-order valence-electron chi connectivity index (χ4n) is 2.99. The number of halogens is 1. The summed E-state index contributed by atoms with van der Waals surface area (Å²) in [7, 11) is 1.00. The van der Waals surface area contributed by atoms with Gasteiger partial charge in [-0.1, -0.05) is 55.5 Å². The molecule has 36 heavy (non-hydrogen) atoms. The standard InChI is InChI=1S/C25H23FN2O2.CH3NO2.CH4O/c1-2-19(15-27)20-9-11-22(12-10-20)29-16-18-8-13-25(23(26)14-18)30-17-24(28)21-6-4-3-5-7-21;2-4-1-3;1-2/h3-14,19,28H,2,16-17H2,1H3;1H,2H2;2H,1H3. The predicted octanol–water partition coefficient (Wildman–Crippen LogP) is 4.51. The Bertz CT molecular complexity index is 1100. The van der Waals surface area contributed by atoms with Crippen molar-refractivity contribution in [3.8, 4) is 17.6 Å². The summed E-state index contributed by atoms with van der Waals surface area (Å²) in [5, 5.41) is 24.2. The molecule has 0 aliphatic heterocycles. The Hall–Kier alpha value is -4.26. The Morgan fingerprint density at radius 1 is 1.11 bits per heavy atom. The zero-order chi connectivity index (χ0) is 26.8. The number of nitrogens with one attached hydrogen (secondary N) is 1. The normalized spacial score (nSPS) is 10.2. The maximum atomic E-state index is 14.4. The van der Waals surface area contributed by atoms with Crippen molar-refractivity contribution >= 4 is 12.2 Å². The molecule has 0 aromatic heterocycles. The van der Waals surface area contributed by atoms with Crippen LogP contribution in [-0.2, 0) is 16.2 Å². The largest absolute Gasteiger partial charge is 0.489 e. The molecule has 4 N–H and O–H groups in total.